The van der Waals surface area contributed by atoms with E-state index >= 15 is 0 Å². The number of aryl methyl sites for hydroxylation is 2. The maximum Gasteiger partial charge on any atom is 0.194 e. The Balaban J connectivity index is 1.94. The molecule has 1 unspecified atom stereocenters. The zero-order valence-electron chi connectivity index (χ0n) is 12.2. The van der Waals surface area contributed by atoms with E-state index in [0.717, 1.165) is 23.0 Å². The van der Waals surface area contributed by atoms with Crippen LogP contribution in [-0.2, 0) is 15.6 Å². The van der Waals surface area contributed by atoms with Gasteiger partial charge in [-0.25, -0.2) is 13.4 Å². The van der Waals surface area contributed by atoms with Crippen molar-refractivity contribution in [2.24, 2.45) is 0 Å². The van der Waals surface area contributed by atoms with Crippen molar-refractivity contribution in [2.45, 2.75) is 29.2 Å². The molecule has 0 aliphatic carbocycles. The van der Waals surface area contributed by atoms with Crippen LogP contribution < -0.4 is 0 Å². The lowest BCUT2D eigenvalue weighted by atomic mass is 10.1. The average molecular weight is 333 g/mol. The van der Waals surface area contributed by atoms with E-state index in [1.165, 1.54) is 0 Å². The number of nitrogens with zero attached hydrogens (tertiary/aromatic N) is 1. The molecule has 3 rings (SSSR count). The molecule has 0 bridgehead atoms. The van der Waals surface area contributed by atoms with Crippen molar-refractivity contribution in [1.29, 1.82) is 0 Å². The first-order valence-electron chi connectivity index (χ1n) is 6.83. The molecule has 0 fully saturated rings. The molecule has 0 amide bonds. The van der Waals surface area contributed by atoms with Crippen LogP contribution in [0.5, 0.6) is 0 Å². The topological polar surface area (TPSA) is 64.1 Å². The fraction of sp³-hybridized carbons (Fsp3) is 0.250. The second-order valence-electron chi connectivity index (χ2n) is 5.37. The predicted octanol–water partition coefficient (Wildman–Crippen LogP) is 2.93. The van der Waals surface area contributed by atoms with Gasteiger partial charge in [-0.05, 0) is 31.0 Å². The Morgan fingerprint density at radius 2 is 1.86 bits per heavy atom. The zero-order chi connectivity index (χ0) is 15.9. The van der Waals surface area contributed by atoms with Gasteiger partial charge in [0.05, 0.1) is 11.3 Å². The molecule has 114 valence electrons. The SMILES string of the molecule is Cc1cc(C)c2c(n1)SC(S(=O)(=O)Cc1ccccc1)C2=O. The van der Waals surface area contributed by atoms with E-state index in [-0.39, 0.29) is 11.5 Å². The first kappa shape index (κ1) is 15.2. The summed E-state index contributed by atoms with van der Waals surface area (Å²) in [5.74, 6) is -0.482. The minimum atomic E-state index is -3.59. The zero-order valence-corrected chi connectivity index (χ0v) is 13.9. The third-order valence-electron chi connectivity index (χ3n) is 3.53. The number of carbonyl (C=O) groups is 1. The average Bonchev–Trinajstić information content (AvgIpc) is 2.77. The molecular weight excluding hydrogens is 318 g/mol. The molecule has 0 saturated carbocycles. The number of ketones is 1. The lowest BCUT2D eigenvalue weighted by molar-refractivity contribution is 0.101. The number of hydrogen-bond acceptors (Lipinski definition) is 5. The number of sulfone groups is 1. The summed E-state index contributed by atoms with van der Waals surface area (Å²) >= 11 is 1.05. The van der Waals surface area contributed by atoms with E-state index in [1.54, 1.807) is 24.3 Å². The highest BCUT2D eigenvalue weighted by atomic mass is 32.3. The van der Waals surface area contributed by atoms with E-state index in [2.05, 4.69) is 4.98 Å². The maximum atomic E-state index is 12.6. The molecule has 0 saturated heterocycles. The van der Waals surface area contributed by atoms with E-state index in [0.29, 0.717) is 16.2 Å². The smallest absolute Gasteiger partial charge is 0.194 e. The summed E-state index contributed by atoms with van der Waals surface area (Å²) < 4.78 is 24.1. The molecule has 1 aliphatic heterocycles. The quantitative estimate of drug-likeness (QED) is 0.864. The third kappa shape index (κ3) is 2.68. The minimum absolute atomic E-state index is 0.136. The van der Waals surface area contributed by atoms with Gasteiger partial charge in [-0.15, -0.1) is 0 Å². The highest BCUT2D eigenvalue weighted by Crippen LogP contribution is 2.40. The van der Waals surface area contributed by atoms with Crippen molar-refractivity contribution in [3.63, 3.8) is 0 Å². The van der Waals surface area contributed by atoms with Crippen LogP contribution in [-0.4, -0.2) is 23.8 Å². The second kappa shape index (κ2) is 5.52. The first-order valence-corrected chi connectivity index (χ1v) is 9.42. The Bertz CT molecular complexity index is 845. The molecule has 6 heteroatoms. The maximum absolute atomic E-state index is 12.6. The van der Waals surface area contributed by atoms with Gasteiger partial charge in [-0.3, -0.25) is 4.79 Å². The summed E-state index contributed by atoms with van der Waals surface area (Å²) in [5.41, 5.74) is 2.72. The molecule has 1 aromatic heterocycles. The third-order valence-corrected chi connectivity index (χ3v) is 7.24. The Kier molecular flexibility index (Phi) is 3.82. The molecule has 2 heterocycles. The van der Waals surface area contributed by atoms with Gasteiger partial charge in [0, 0.05) is 5.69 Å². The number of rotatable bonds is 3. The van der Waals surface area contributed by atoms with Crippen molar-refractivity contribution < 1.29 is 13.2 Å². The van der Waals surface area contributed by atoms with Gasteiger partial charge < -0.3 is 0 Å². The fourth-order valence-electron chi connectivity index (χ4n) is 2.58. The highest BCUT2D eigenvalue weighted by Gasteiger charge is 2.42. The van der Waals surface area contributed by atoms with E-state index in [1.807, 2.05) is 26.0 Å². The monoisotopic (exact) mass is 333 g/mol. The highest BCUT2D eigenvalue weighted by molar-refractivity contribution is 8.14. The number of benzene rings is 1. The van der Waals surface area contributed by atoms with E-state index < -0.39 is 14.4 Å². The van der Waals surface area contributed by atoms with Crippen molar-refractivity contribution >= 4 is 27.4 Å². The summed E-state index contributed by atoms with van der Waals surface area (Å²) in [5, 5.41) is 0.532. The number of hydrogen-bond donors (Lipinski definition) is 0. The molecule has 1 aromatic carbocycles. The lowest BCUT2D eigenvalue weighted by Crippen LogP contribution is -2.25. The van der Waals surface area contributed by atoms with Crippen LogP contribution in [0.4, 0.5) is 0 Å². The van der Waals surface area contributed by atoms with Gasteiger partial charge >= 0.3 is 0 Å². The van der Waals surface area contributed by atoms with Gasteiger partial charge in [0.1, 0.15) is 5.03 Å². The lowest BCUT2D eigenvalue weighted by Gasteiger charge is -2.09. The van der Waals surface area contributed by atoms with Gasteiger partial charge in [0.15, 0.2) is 20.2 Å². The molecule has 1 aliphatic rings. The van der Waals surface area contributed by atoms with Crippen LogP contribution in [0, 0.1) is 13.8 Å². The molecule has 0 spiro atoms. The van der Waals surface area contributed by atoms with Crippen molar-refractivity contribution in [1.82, 2.24) is 4.98 Å². The van der Waals surface area contributed by atoms with Crippen LogP contribution in [0.15, 0.2) is 41.4 Å². The number of fused-ring (bicyclic) bond motifs is 1. The second-order valence-corrected chi connectivity index (χ2v) is 8.85. The summed E-state index contributed by atoms with van der Waals surface area (Å²) in [6.45, 7) is 3.66. The Morgan fingerprint density at radius 3 is 2.55 bits per heavy atom. The van der Waals surface area contributed by atoms with Crippen molar-refractivity contribution in [2.75, 3.05) is 0 Å². The number of aromatic nitrogens is 1. The summed E-state index contributed by atoms with van der Waals surface area (Å²) in [6.07, 6.45) is 0. The fourth-order valence-corrected chi connectivity index (χ4v) is 5.90. The van der Waals surface area contributed by atoms with Crippen molar-refractivity contribution in [3.8, 4) is 0 Å². The number of carbonyl (C=O) groups excluding carboxylic acids is 1. The summed E-state index contributed by atoms with van der Waals surface area (Å²) in [4.78, 5) is 16.8. The first-order chi connectivity index (χ1) is 10.4. The molecule has 4 nitrogen and oxygen atoms in total. The van der Waals surface area contributed by atoms with Crippen LogP contribution in [0.1, 0.15) is 27.2 Å². The van der Waals surface area contributed by atoms with Crippen LogP contribution in [0.25, 0.3) is 0 Å². The minimum Gasteiger partial charge on any atom is -0.292 e. The Hall–Kier alpha value is -1.66. The molecular formula is C16H15NO3S2. The number of Topliss-reactive ketones (excluding diaryl/α,β-unsaturated/α-hetero) is 1. The summed E-state index contributed by atoms with van der Waals surface area (Å²) in [7, 11) is -3.59. The van der Waals surface area contributed by atoms with E-state index in [4.69, 9.17) is 0 Å². The molecule has 1 atom stereocenters. The molecule has 2 aromatic rings. The Morgan fingerprint density at radius 1 is 1.18 bits per heavy atom. The van der Waals surface area contributed by atoms with E-state index in [9.17, 15) is 13.2 Å². The van der Waals surface area contributed by atoms with Gasteiger partial charge in [-0.2, -0.15) is 0 Å². The van der Waals surface area contributed by atoms with Crippen molar-refractivity contribution in [3.05, 3.63) is 58.8 Å². The number of thioether (sulfide) groups is 1. The van der Waals surface area contributed by atoms with Crippen LogP contribution >= 0.6 is 11.8 Å². The standard InChI is InChI=1S/C16H15NO3S2/c1-10-8-11(2)17-15-13(10)14(18)16(21-15)22(19,20)9-12-6-4-3-5-7-12/h3-8,16H,9H2,1-2H3. The Labute approximate surface area is 133 Å². The molecule has 0 radical (unpaired) electrons. The van der Waals surface area contributed by atoms with Gasteiger partial charge in [0.2, 0.25) is 0 Å². The normalized spacial score (nSPS) is 17.5. The summed E-state index contributed by atoms with van der Waals surface area (Å²) in [6, 6.07) is 10.7. The van der Waals surface area contributed by atoms with Gasteiger partial charge in [-0.1, -0.05) is 42.1 Å². The van der Waals surface area contributed by atoms with Crippen LogP contribution in [0.2, 0.25) is 0 Å². The molecule has 0 N–H and O–H groups in total. The van der Waals surface area contributed by atoms with Gasteiger partial charge in [0.25, 0.3) is 0 Å². The predicted molar refractivity (Wildman–Crippen MR) is 86.8 cm³/mol. The van der Waals surface area contributed by atoms with Crippen LogP contribution in [0.3, 0.4) is 0 Å². The number of pyridine rings is 1. The molecule has 22 heavy (non-hydrogen) atoms. The largest absolute Gasteiger partial charge is 0.292 e.